The molecule has 2 N–H and O–H groups in total. The molecule has 1 unspecified atom stereocenters. The summed E-state index contributed by atoms with van der Waals surface area (Å²) in [6.45, 7) is 9.00. The van der Waals surface area contributed by atoms with Gasteiger partial charge in [-0.15, -0.1) is 12.4 Å². The van der Waals surface area contributed by atoms with Crippen LogP contribution in [-0.4, -0.2) is 29.0 Å². The van der Waals surface area contributed by atoms with Gasteiger partial charge in [0.1, 0.15) is 12.4 Å². The molecule has 1 atom stereocenters. The Hall–Kier alpha value is -2.30. The molecule has 156 valence electrons. The summed E-state index contributed by atoms with van der Waals surface area (Å²) in [5.74, 6) is 0.773. The number of hydrogen-bond donors (Lipinski definition) is 2. The zero-order chi connectivity index (χ0) is 20.1. The lowest BCUT2D eigenvalue weighted by molar-refractivity contribution is 0.0978. The summed E-state index contributed by atoms with van der Waals surface area (Å²) in [4.78, 5) is 16.1. The molecule has 2 aromatic carbocycles. The van der Waals surface area contributed by atoms with Gasteiger partial charge in [-0.1, -0.05) is 24.3 Å². The lowest BCUT2D eigenvalue weighted by Gasteiger charge is -2.26. The van der Waals surface area contributed by atoms with Crippen molar-refractivity contribution in [2.45, 2.75) is 52.1 Å². The van der Waals surface area contributed by atoms with Crippen LogP contribution in [-0.2, 0) is 6.42 Å². The van der Waals surface area contributed by atoms with Gasteiger partial charge < -0.3 is 15.0 Å². The van der Waals surface area contributed by atoms with Crippen molar-refractivity contribution in [2.24, 2.45) is 0 Å². The number of carbonyl (C=O) groups excluding carboxylic acids is 1. The quantitative estimate of drug-likeness (QED) is 0.474. The average molecular weight is 415 g/mol. The number of aromatic amines is 1. The molecule has 0 aliphatic carbocycles. The topological polar surface area (TPSA) is 54.1 Å². The Kier molecular flexibility index (Phi) is 7.88. The van der Waals surface area contributed by atoms with Crippen molar-refractivity contribution in [1.29, 1.82) is 0 Å². The molecule has 29 heavy (non-hydrogen) atoms. The van der Waals surface area contributed by atoms with E-state index in [-0.39, 0.29) is 29.8 Å². The maximum atomic E-state index is 12.9. The molecule has 0 aliphatic heterocycles. The number of para-hydroxylation sites is 1. The van der Waals surface area contributed by atoms with Crippen LogP contribution >= 0.6 is 12.4 Å². The van der Waals surface area contributed by atoms with Crippen LogP contribution in [0.5, 0.6) is 5.75 Å². The van der Waals surface area contributed by atoms with Crippen LogP contribution in [0.1, 0.15) is 50.0 Å². The molecule has 0 radical (unpaired) electrons. The van der Waals surface area contributed by atoms with Crippen LogP contribution in [0.3, 0.4) is 0 Å². The van der Waals surface area contributed by atoms with Crippen molar-refractivity contribution in [3.05, 3.63) is 65.9 Å². The number of halogens is 1. The fourth-order valence-corrected chi connectivity index (χ4v) is 3.57. The second-order valence-electron chi connectivity index (χ2n) is 8.38. The van der Waals surface area contributed by atoms with E-state index < -0.39 is 0 Å². The molecular formula is C24H31ClN2O2. The van der Waals surface area contributed by atoms with Crippen LogP contribution < -0.4 is 10.1 Å². The Bertz CT molecular complexity index is 943. The summed E-state index contributed by atoms with van der Waals surface area (Å²) >= 11 is 0. The molecule has 0 saturated heterocycles. The predicted molar refractivity (Wildman–Crippen MR) is 122 cm³/mol. The summed E-state index contributed by atoms with van der Waals surface area (Å²) < 4.78 is 5.99. The summed E-state index contributed by atoms with van der Waals surface area (Å²) in [5.41, 5.74) is 2.98. The van der Waals surface area contributed by atoms with Gasteiger partial charge >= 0.3 is 0 Å². The molecule has 0 aliphatic rings. The Labute approximate surface area is 179 Å². The summed E-state index contributed by atoms with van der Waals surface area (Å²) in [5, 5.41) is 4.67. The van der Waals surface area contributed by atoms with E-state index in [0.29, 0.717) is 30.8 Å². The molecular weight excluding hydrogens is 384 g/mol. The van der Waals surface area contributed by atoms with Crippen LogP contribution in [0.4, 0.5) is 0 Å². The number of aryl methyl sites for hydroxylation is 1. The maximum Gasteiger partial charge on any atom is 0.166 e. The number of rotatable bonds is 8. The highest BCUT2D eigenvalue weighted by atomic mass is 35.5. The predicted octanol–water partition coefficient (Wildman–Crippen LogP) is 5.56. The molecule has 1 heterocycles. The Morgan fingerprint density at radius 2 is 1.86 bits per heavy atom. The molecule has 0 spiro atoms. The largest absolute Gasteiger partial charge is 0.491 e. The van der Waals surface area contributed by atoms with Gasteiger partial charge in [0, 0.05) is 35.1 Å². The number of benzene rings is 2. The molecule has 0 saturated carbocycles. The molecule has 3 rings (SSSR count). The zero-order valence-corrected chi connectivity index (χ0v) is 18.4. The SMILES string of the molecule is CC(COc1ccccc1C(=O)CCc1cccc2[nH]ccc12)NC(C)(C)C.Cl. The molecule has 0 amide bonds. The lowest BCUT2D eigenvalue weighted by Crippen LogP contribution is -2.44. The molecule has 5 heteroatoms. The normalized spacial score (nSPS) is 12.4. The van der Waals surface area contributed by atoms with E-state index >= 15 is 0 Å². The summed E-state index contributed by atoms with van der Waals surface area (Å²) in [7, 11) is 0. The van der Waals surface area contributed by atoms with Crippen LogP contribution in [0, 0.1) is 0 Å². The van der Waals surface area contributed by atoms with E-state index in [1.54, 1.807) is 0 Å². The van der Waals surface area contributed by atoms with Crippen molar-refractivity contribution < 1.29 is 9.53 Å². The zero-order valence-electron chi connectivity index (χ0n) is 17.6. The van der Waals surface area contributed by atoms with Crippen molar-refractivity contribution in [2.75, 3.05) is 6.61 Å². The second-order valence-corrected chi connectivity index (χ2v) is 8.38. The molecule has 4 nitrogen and oxygen atoms in total. The minimum atomic E-state index is 0. The van der Waals surface area contributed by atoms with Crippen LogP contribution in [0.15, 0.2) is 54.7 Å². The number of fused-ring (bicyclic) bond motifs is 1. The third kappa shape index (κ3) is 6.34. The van der Waals surface area contributed by atoms with E-state index in [4.69, 9.17) is 4.74 Å². The number of aromatic nitrogens is 1. The first-order valence-corrected chi connectivity index (χ1v) is 9.91. The smallest absolute Gasteiger partial charge is 0.166 e. The van der Waals surface area contributed by atoms with Crippen LogP contribution in [0.25, 0.3) is 10.9 Å². The number of ketones is 1. The number of ether oxygens (including phenoxy) is 1. The van der Waals surface area contributed by atoms with Crippen molar-refractivity contribution >= 4 is 29.1 Å². The second kappa shape index (κ2) is 9.95. The van der Waals surface area contributed by atoms with E-state index in [9.17, 15) is 4.79 Å². The van der Waals surface area contributed by atoms with E-state index in [1.165, 1.54) is 10.9 Å². The summed E-state index contributed by atoms with van der Waals surface area (Å²) in [6, 6.07) is 16.0. The average Bonchev–Trinajstić information content (AvgIpc) is 3.12. The van der Waals surface area contributed by atoms with Gasteiger partial charge in [0.2, 0.25) is 0 Å². The van der Waals surface area contributed by atoms with Crippen molar-refractivity contribution in [3.8, 4) is 5.75 Å². The van der Waals surface area contributed by atoms with Crippen molar-refractivity contribution in [3.63, 3.8) is 0 Å². The third-order valence-electron chi connectivity index (χ3n) is 4.66. The monoisotopic (exact) mass is 414 g/mol. The number of H-pyrrole nitrogens is 1. The molecule has 3 aromatic rings. The number of Topliss-reactive ketones (excluding diaryl/α,β-unsaturated/α-hetero) is 1. The lowest BCUT2D eigenvalue weighted by atomic mass is 10.00. The summed E-state index contributed by atoms with van der Waals surface area (Å²) in [6.07, 6.45) is 3.11. The van der Waals surface area contributed by atoms with E-state index in [0.717, 1.165) is 5.52 Å². The minimum absolute atomic E-state index is 0. The highest BCUT2D eigenvalue weighted by molar-refractivity contribution is 5.99. The first kappa shape index (κ1) is 23.0. The van der Waals surface area contributed by atoms with Gasteiger partial charge in [-0.3, -0.25) is 4.79 Å². The highest BCUT2D eigenvalue weighted by Gasteiger charge is 2.16. The van der Waals surface area contributed by atoms with Gasteiger partial charge in [0.05, 0.1) is 5.56 Å². The number of hydrogen-bond acceptors (Lipinski definition) is 3. The van der Waals surface area contributed by atoms with Crippen molar-refractivity contribution in [1.82, 2.24) is 10.3 Å². The van der Waals surface area contributed by atoms with Gasteiger partial charge in [-0.05, 0) is 63.9 Å². The van der Waals surface area contributed by atoms with Gasteiger partial charge in [0.15, 0.2) is 5.78 Å². The molecule has 1 aromatic heterocycles. The first-order valence-electron chi connectivity index (χ1n) is 9.91. The Balaban J connectivity index is 0.00000300. The van der Waals surface area contributed by atoms with Gasteiger partial charge in [-0.2, -0.15) is 0 Å². The van der Waals surface area contributed by atoms with Gasteiger partial charge in [-0.25, -0.2) is 0 Å². The van der Waals surface area contributed by atoms with Crippen LogP contribution in [0.2, 0.25) is 0 Å². The Morgan fingerprint density at radius 1 is 1.10 bits per heavy atom. The molecule has 0 fully saturated rings. The number of nitrogens with one attached hydrogen (secondary N) is 2. The highest BCUT2D eigenvalue weighted by Crippen LogP contribution is 2.23. The Morgan fingerprint density at radius 3 is 2.62 bits per heavy atom. The minimum Gasteiger partial charge on any atom is -0.491 e. The molecule has 0 bridgehead atoms. The van der Waals surface area contributed by atoms with Gasteiger partial charge in [0.25, 0.3) is 0 Å². The standard InChI is InChI=1S/C24H30N2O2.ClH/c1-17(26-24(2,3)4)16-28-23-11-6-5-9-20(23)22(27)13-12-18-8-7-10-21-19(18)14-15-25-21;/h5-11,14-15,17,25-26H,12-13,16H2,1-4H3;1H. The maximum absolute atomic E-state index is 12.9. The van der Waals surface area contributed by atoms with E-state index in [1.807, 2.05) is 36.5 Å². The third-order valence-corrected chi connectivity index (χ3v) is 4.66. The fraction of sp³-hybridized carbons (Fsp3) is 0.375. The number of carbonyl (C=O) groups is 1. The van der Waals surface area contributed by atoms with E-state index in [2.05, 4.69) is 56.2 Å². The first-order chi connectivity index (χ1) is 13.3. The fourth-order valence-electron chi connectivity index (χ4n) is 3.57.